The molecule has 0 radical (unpaired) electrons. The summed E-state index contributed by atoms with van der Waals surface area (Å²) in [5.74, 6) is -0.970. The van der Waals surface area contributed by atoms with Crippen LogP contribution in [0.3, 0.4) is 0 Å². The van der Waals surface area contributed by atoms with Crippen LogP contribution in [-0.2, 0) is 0 Å². The highest BCUT2D eigenvalue weighted by molar-refractivity contribution is 5.25. The molecule has 1 N–H and O–H groups in total. The second-order valence-electron chi connectivity index (χ2n) is 2.99. The molecule has 1 heterocycles. The molecule has 1 atom stereocenters. The summed E-state index contributed by atoms with van der Waals surface area (Å²) in [6.07, 6.45) is 4.21. The zero-order valence-electron chi connectivity index (χ0n) is 6.93. The molecule has 0 saturated heterocycles. The zero-order chi connectivity index (χ0) is 9.26. The van der Waals surface area contributed by atoms with Crippen molar-refractivity contribution in [3.8, 4) is 0 Å². The Morgan fingerprint density at radius 3 is 2.46 bits per heavy atom. The average molecular weight is 181 g/mol. The third kappa shape index (κ3) is 1.41. The summed E-state index contributed by atoms with van der Waals surface area (Å²) in [6.45, 7) is 0. The van der Waals surface area contributed by atoms with Crippen molar-refractivity contribution in [3.63, 3.8) is 0 Å². The quantitative estimate of drug-likeness (QED) is 0.701. The van der Waals surface area contributed by atoms with Gasteiger partial charge in [-0.2, -0.15) is 0 Å². The predicted molar refractivity (Wildman–Crippen MR) is 46.0 cm³/mol. The summed E-state index contributed by atoms with van der Waals surface area (Å²) in [5, 5.41) is 2.89. The van der Waals surface area contributed by atoms with E-state index in [0.717, 1.165) is 0 Å². The molecule has 1 nitrogen and oxygen atoms in total. The van der Waals surface area contributed by atoms with Crippen molar-refractivity contribution in [3.05, 3.63) is 47.7 Å². The van der Waals surface area contributed by atoms with Crippen molar-refractivity contribution in [2.45, 2.75) is 12.5 Å². The lowest BCUT2D eigenvalue weighted by Crippen LogP contribution is -2.13. The first-order valence-electron chi connectivity index (χ1n) is 4.14. The van der Waals surface area contributed by atoms with Gasteiger partial charge in [-0.25, -0.2) is 8.78 Å². The fourth-order valence-corrected chi connectivity index (χ4v) is 1.50. The van der Waals surface area contributed by atoms with E-state index in [2.05, 4.69) is 5.32 Å². The van der Waals surface area contributed by atoms with E-state index in [1.165, 1.54) is 18.2 Å². The van der Waals surface area contributed by atoms with E-state index in [0.29, 0.717) is 6.42 Å². The van der Waals surface area contributed by atoms with Crippen molar-refractivity contribution in [1.29, 1.82) is 0 Å². The second-order valence-corrected chi connectivity index (χ2v) is 2.99. The van der Waals surface area contributed by atoms with Gasteiger partial charge >= 0.3 is 0 Å². The van der Waals surface area contributed by atoms with Gasteiger partial charge in [-0.3, -0.25) is 0 Å². The summed E-state index contributed by atoms with van der Waals surface area (Å²) in [4.78, 5) is 0. The molecule has 0 aliphatic carbocycles. The molecule has 0 aromatic heterocycles. The lowest BCUT2D eigenvalue weighted by atomic mass is 10.0. The average Bonchev–Trinajstić information content (AvgIpc) is 2.57. The van der Waals surface area contributed by atoms with E-state index in [1.54, 1.807) is 6.20 Å². The third-order valence-electron chi connectivity index (χ3n) is 2.14. The molecular formula is C10H9F2N. The SMILES string of the molecule is Fc1cccc(F)c1[C@@H]1CC=CN1. The Hall–Kier alpha value is -1.38. The van der Waals surface area contributed by atoms with Crippen LogP contribution in [0.15, 0.2) is 30.5 Å². The monoisotopic (exact) mass is 181 g/mol. The van der Waals surface area contributed by atoms with Crippen molar-refractivity contribution in [1.82, 2.24) is 5.32 Å². The van der Waals surface area contributed by atoms with Crippen molar-refractivity contribution in [2.24, 2.45) is 0 Å². The van der Waals surface area contributed by atoms with Gasteiger partial charge in [0, 0.05) is 5.56 Å². The Morgan fingerprint density at radius 1 is 1.23 bits per heavy atom. The normalized spacial score (nSPS) is 20.3. The maximum atomic E-state index is 13.2. The Bertz CT molecular complexity index is 319. The molecule has 1 aromatic rings. The Labute approximate surface area is 75.1 Å². The summed E-state index contributed by atoms with van der Waals surface area (Å²) in [5.41, 5.74) is 0.132. The van der Waals surface area contributed by atoms with Gasteiger partial charge in [0.25, 0.3) is 0 Å². The zero-order valence-corrected chi connectivity index (χ0v) is 6.93. The van der Waals surface area contributed by atoms with Gasteiger partial charge in [0.2, 0.25) is 0 Å². The molecule has 3 heteroatoms. The Balaban J connectivity index is 2.38. The molecule has 1 aliphatic rings. The van der Waals surface area contributed by atoms with Crippen LogP contribution in [0.5, 0.6) is 0 Å². The van der Waals surface area contributed by atoms with Crippen LogP contribution in [0.2, 0.25) is 0 Å². The molecule has 0 saturated carbocycles. The van der Waals surface area contributed by atoms with E-state index in [4.69, 9.17) is 0 Å². The minimum atomic E-state index is -0.485. The lowest BCUT2D eigenvalue weighted by Gasteiger charge is -2.12. The van der Waals surface area contributed by atoms with Gasteiger partial charge in [0.1, 0.15) is 11.6 Å². The maximum Gasteiger partial charge on any atom is 0.131 e. The molecule has 2 rings (SSSR count). The van der Waals surface area contributed by atoms with Gasteiger partial charge in [-0.15, -0.1) is 0 Å². The molecule has 1 aliphatic heterocycles. The lowest BCUT2D eigenvalue weighted by molar-refractivity contribution is 0.513. The summed E-state index contributed by atoms with van der Waals surface area (Å²) in [6, 6.07) is 3.68. The van der Waals surface area contributed by atoms with E-state index in [1.807, 2.05) is 6.08 Å². The van der Waals surface area contributed by atoms with Crippen molar-refractivity contribution >= 4 is 0 Å². The predicted octanol–water partition coefficient (Wildman–Crippen LogP) is 2.51. The highest BCUT2D eigenvalue weighted by Gasteiger charge is 2.19. The molecule has 1 aromatic carbocycles. The molecule has 0 bridgehead atoms. The van der Waals surface area contributed by atoms with Crippen LogP contribution < -0.4 is 5.32 Å². The number of rotatable bonds is 1. The van der Waals surface area contributed by atoms with E-state index in [-0.39, 0.29) is 11.6 Å². The molecule has 68 valence electrons. The smallest absolute Gasteiger partial charge is 0.131 e. The van der Waals surface area contributed by atoms with Crippen molar-refractivity contribution in [2.75, 3.05) is 0 Å². The summed E-state index contributed by atoms with van der Waals surface area (Å²) in [7, 11) is 0. The molecule has 0 fully saturated rings. The first kappa shape index (κ1) is 8.23. The minimum absolute atomic E-state index is 0.132. The third-order valence-corrected chi connectivity index (χ3v) is 2.14. The topological polar surface area (TPSA) is 12.0 Å². The molecule has 0 spiro atoms. The van der Waals surface area contributed by atoms with E-state index in [9.17, 15) is 8.78 Å². The minimum Gasteiger partial charge on any atom is -0.384 e. The van der Waals surface area contributed by atoms with Crippen LogP contribution in [0.1, 0.15) is 18.0 Å². The number of nitrogens with one attached hydrogen (secondary N) is 1. The Kier molecular flexibility index (Phi) is 2.00. The number of hydrogen-bond acceptors (Lipinski definition) is 1. The first-order valence-corrected chi connectivity index (χ1v) is 4.14. The van der Waals surface area contributed by atoms with Crippen molar-refractivity contribution < 1.29 is 8.78 Å². The van der Waals surface area contributed by atoms with Crippen LogP contribution in [0.4, 0.5) is 8.78 Å². The molecule has 13 heavy (non-hydrogen) atoms. The van der Waals surface area contributed by atoms with E-state index < -0.39 is 11.6 Å². The fraction of sp³-hybridized carbons (Fsp3) is 0.200. The van der Waals surface area contributed by atoms with Crippen LogP contribution in [-0.4, -0.2) is 0 Å². The Morgan fingerprint density at radius 2 is 1.92 bits per heavy atom. The van der Waals surface area contributed by atoms with Crippen LogP contribution in [0.25, 0.3) is 0 Å². The van der Waals surface area contributed by atoms with Gasteiger partial charge in [-0.1, -0.05) is 12.1 Å². The molecule has 0 unspecified atom stereocenters. The largest absolute Gasteiger partial charge is 0.384 e. The highest BCUT2D eigenvalue weighted by atomic mass is 19.1. The highest BCUT2D eigenvalue weighted by Crippen LogP contribution is 2.25. The number of benzene rings is 1. The second kappa shape index (κ2) is 3.17. The summed E-state index contributed by atoms with van der Waals surface area (Å²) < 4.78 is 26.4. The van der Waals surface area contributed by atoms with Gasteiger partial charge in [0.15, 0.2) is 0 Å². The van der Waals surface area contributed by atoms with Gasteiger partial charge < -0.3 is 5.32 Å². The molecular weight excluding hydrogens is 172 g/mol. The standard InChI is InChI=1S/C10H9F2N/c11-7-3-1-4-8(12)10(7)9-5-2-6-13-9/h1-4,6,9,13H,5H2/t9-/m0/s1. The van der Waals surface area contributed by atoms with E-state index >= 15 is 0 Å². The van der Waals surface area contributed by atoms with Gasteiger partial charge in [0.05, 0.1) is 6.04 Å². The maximum absolute atomic E-state index is 13.2. The fourth-order valence-electron chi connectivity index (χ4n) is 1.50. The van der Waals surface area contributed by atoms with Gasteiger partial charge in [-0.05, 0) is 24.8 Å². The van der Waals surface area contributed by atoms with Crippen LogP contribution >= 0.6 is 0 Å². The molecule has 0 amide bonds. The number of hydrogen-bond donors (Lipinski definition) is 1. The summed E-state index contributed by atoms with van der Waals surface area (Å²) >= 11 is 0. The van der Waals surface area contributed by atoms with Crippen LogP contribution in [0, 0.1) is 11.6 Å². The number of halogens is 2. The first-order chi connectivity index (χ1) is 6.29.